The molecule has 0 amide bonds. The second-order valence-corrected chi connectivity index (χ2v) is 9.79. The molecule has 4 N–H and O–H groups in total. The molecule has 2 aliphatic heterocycles. The van der Waals surface area contributed by atoms with Crippen molar-refractivity contribution >= 4 is 37.8 Å². The number of piperidine rings is 1. The Kier molecular flexibility index (Phi) is 5.87. The molecule has 0 radical (unpaired) electrons. The summed E-state index contributed by atoms with van der Waals surface area (Å²) in [6, 6.07) is 7.45. The Labute approximate surface area is 179 Å². The van der Waals surface area contributed by atoms with Crippen LogP contribution in [0.4, 0.5) is 0 Å². The molecule has 3 aromatic rings. The van der Waals surface area contributed by atoms with Crippen LogP contribution >= 0.6 is 0 Å². The van der Waals surface area contributed by atoms with E-state index in [-0.39, 0.29) is 22.9 Å². The van der Waals surface area contributed by atoms with Crippen molar-refractivity contribution in [3.63, 3.8) is 0 Å². The molecule has 10 heteroatoms. The van der Waals surface area contributed by atoms with Crippen molar-refractivity contribution in [2.75, 3.05) is 0 Å². The van der Waals surface area contributed by atoms with Crippen LogP contribution in [0.5, 0.6) is 0 Å². The third-order valence-corrected chi connectivity index (χ3v) is 7.42. The van der Waals surface area contributed by atoms with Crippen LogP contribution in [-0.2, 0) is 14.8 Å². The maximum absolute atomic E-state index is 12.9. The number of benzene rings is 1. The molecule has 166 valence electrons. The highest BCUT2D eigenvalue weighted by atomic mass is 32.2. The van der Waals surface area contributed by atoms with E-state index < -0.39 is 16.0 Å². The van der Waals surface area contributed by atoms with Gasteiger partial charge in [0.2, 0.25) is 10.0 Å². The van der Waals surface area contributed by atoms with Crippen LogP contribution in [0.3, 0.4) is 0 Å². The van der Waals surface area contributed by atoms with Gasteiger partial charge in [-0.3, -0.25) is 4.79 Å². The molecule has 2 saturated heterocycles. The first-order valence-corrected chi connectivity index (χ1v) is 11.9. The number of aromatic nitrogens is 2. The molecule has 2 atom stereocenters. The number of fused-ring (bicyclic) bond motifs is 5. The smallest absolute Gasteiger partial charge is 0.272 e. The lowest BCUT2D eigenvalue weighted by Gasteiger charge is -2.29. The average Bonchev–Trinajstić information content (AvgIpc) is 3.35. The number of carboxylic acid groups (broad SMARTS) is 1. The van der Waals surface area contributed by atoms with Crippen molar-refractivity contribution in [1.29, 1.82) is 0 Å². The zero-order valence-electron chi connectivity index (χ0n) is 17.1. The first kappa shape index (κ1) is 21.5. The summed E-state index contributed by atoms with van der Waals surface area (Å²) >= 11 is 0. The van der Waals surface area contributed by atoms with Gasteiger partial charge in [-0.15, -0.1) is 0 Å². The van der Waals surface area contributed by atoms with E-state index in [1.807, 2.05) is 0 Å². The summed E-state index contributed by atoms with van der Waals surface area (Å²) in [5.41, 5.74) is 0.868. The van der Waals surface area contributed by atoms with Crippen LogP contribution < -0.4 is 20.7 Å². The lowest BCUT2D eigenvalue weighted by atomic mass is 10.0. The minimum Gasteiger partial charge on any atom is -0.550 e. The number of rotatable bonds is 4. The van der Waals surface area contributed by atoms with E-state index in [1.165, 1.54) is 6.92 Å². The number of sulfonamides is 1. The van der Waals surface area contributed by atoms with E-state index >= 15 is 0 Å². The number of pyridine rings is 1. The number of H-pyrrole nitrogens is 2. The van der Waals surface area contributed by atoms with E-state index in [4.69, 9.17) is 0 Å². The van der Waals surface area contributed by atoms with Crippen LogP contribution in [0.25, 0.3) is 21.8 Å². The van der Waals surface area contributed by atoms with Crippen molar-refractivity contribution in [2.45, 2.75) is 62.0 Å². The fourth-order valence-electron chi connectivity index (χ4n) is 4.43. The number of nitrogens with one attached hydrogen (secondary N) is 4. The first-order valence-electron chi connectivity index (χ1n) is 10.4. The van der Waals surface area contributed by atoms with Crippen molar-refractivity contribution in [3.8, 4) is 0 Å². The van der Waals surface area contributed by atoms with E-state index in [9.17, 15) is 23.1 Å². The molecule has 31 heavy (non-hydrogen) atoms. The molecule has 0 spiro atoms. The first-order chi connectivity index (χ1) is 14.8. The number of aliphatic carboxylic acids is 1. The Morgan fingerprint density at radius 2 is 1.84 bits per heavy atom. The van der Waals surface area contributed by atoms with E-state index in [2.05, 4.69) is 20.0 Å². The fraction of sp³-hybridized carbons (Fsp3) is 0.429. The molecule has 1 aromatic carbocycles. The summed E-state index contributed by atoms with van der Waals surface area (Å²) in [4.78, 5) is 27.2. The number of aromatic amines is 2. The number of hydrogen-bond acceptors (Lipinski definition) is 6. The Morgan fingerprint density at radius 3 is 2.48 bits per heavy atom. The van der Waals surface area contributed by atoms with Crippen molar-refractivity contribution in [1.82, 2.24) is 20.0 Å². The molecule has 5 rings (SSSR count). The van der Waals surface area contributed by atoms with Crippen LogP contribution in [-0.4, -0.2) is 42.5 Å². The second kappa shape index (κ2) is 8.45. The lowest BCUT2D eigenvalue weighted by Crippen LogP contribution is -2.47. The monoisotopic (exact) mass is 445 g/mol. The maximum Gasteiger partial charge on any atom is 0.272 e. The normalized spacial score (nSPS) is 22.9. The topological polar surface area (TPSA) is 147 Å². The Bertz CT molecular complexity index is 1270. The molecule has 9 nitrogen and oxygen atoms in total. The largest absolute Gasteiger partial charge is 0.550 e. The highest BCUT2D eigenvalue weighted by Crippen LogP contribution is 2.28. The van der Waals surface area contributed by atoms with Gasteiger partial charge in [-0.2, -0.15) is 0 Å². The minimum absolute atomic E-state index is 0.0303. The molecule has 2 bridgehead atoms. The van der Waals surface area contributed by atoms with Gasteiger partial charge in [0.05, 0.1) is 4.90 Å². The summed E-state index contributed by atoms with van der Waals surface area (Å²) in [6.45, 7) is 1.54. The molecular formula is C21H25N4O5S-. The van der Waals surface area contributed by atoms with Gasteiger partial charge in [-0.1, -0.05) is 6.92 Å². The molecule has 0 saturated carbocycles. The van der Waals surface area contributed by atoms with Gasteiger partial charge in [-0.25, -0.2) is 13.1 Å². The van der Waals surface area contributed by atoms with Gasteiger partial charge in [0.15, 0.2) is 0 Å². The highest BCUT2D eigenvalue weighted by molar-refractivity contribution is 7.89. The Balaban J connectivity index is 0.000000418. The molecule has 2 fully saturated rings. The quantitative estimate of drug-likeness (QED) is 0.465. The van der Waals surface area contributed by atoms with Crippen molar-refractivity contribution in [2.24, 2.45) is 0 Å². The summed E-state index contributed by atoms with van der Waals surface area (Å²) < 4.78 is 28.7. The molecule has 4 heterocycles. The van der Waals surface area contributed by atoms with E-state index in [0.717, 1.165) is 31.1 Å². The van der Waals surface area contributed by atoms with Crippen LogP contribution in [0, 0.1) is 0 Å². The number of carboxylic acids is 1. The zero-order valence-corrected chi connectivity index (χ0v) is 17.9. The van der Waals surface area contributed by atoms with Gasteiger partial charge in [0.25, 0.3) is 5.56 Å². The second-order valence-electron chi connectivity index (χ2n) is 8.08. The van der Waals surface area contributed by atoms with Gasteiger partial charge in [0, 0.05) is 46.6 Å². The summed E-state index contributed by atoms with van der Waals surface area (Å²) in [7, 11) is -3.61. The molecule has 2 unspecified atom stereocenters. The average molecular weight is 446 g/mol. The zero-order chi connectivity index (χ0) is 22.2. The molecule has 0 aliphatic carbocycles. The Morgan fingerprint density at radius 1 is 1.16 bits per heavy atom. The predicted molar refractivity (Wildman–Crippen MR) is 115 cm³/mol. The van der Waals surface area contributed by atoms with E-state index in [0.29, 0.717) is 28.5 Å². The fourth-order valence-corrected chi connectivity index (χ4v) is 5.72. The van der Waals surface area contributed by atoms with Crippen LogP contribution in [0.2, 0.25) is 0 Å². The van der Waals surface area contributed by atoms with Gasteiger partial charge >= 0.3 is 0 Å². The molecule has 2 aliphatic rings. The van der Waals surface area contributed by atoms with Crippen LogP contribution in [0.1, 0.15) is 39.0 Å². The summed E-state index contributed by atoms with van der Waals surface area (Å²) in [5, 5.41) is 14.2. The van der Waals surface area contributed by atoms with Gasteiger partial charge in [0.1, 0.15) is 5.52 Å². The van der Waals surface area contributed by atoms with Crippen LogP contribution in [0.15, 0.2) is 40.2 Å². The third-order valence-electron chi connectivity index (χ3n) is 5.90. The van der Waals surface area contributed by atoms with Gasteiger partial charge < -0.3 is 25.2 Å². The minimum atomic E-state index is -3.61. The number of hydrogen-bond donors (Lipinski definition) is 4. The SMILES string of the molecule is CCC(=O)[O-].O=c1[nH]c2ccc(S(=O)(=O)NC3CC4CCC(C3)N4)cc2c2cc[nH]c12. The maximum atomic E-state index is 12.9. The highest BCUT2D eigenvalue weighted by Gasteiger charge is 2.35. The number of carbonyl (C=O) groups excluding carboxylic acids is 1. The Hall–Kier alpha value is -2.69. The molecule has 2 aromatic heterocycles. The van der Waals surface area contributed by atoms with Crippen molar-refractivity contribution in [3.05, 3.63) is 40.8 Å². The van der Waals surface area contributed by atoms with Gasteiger partial charge in [-0.05, 0) is 56.4 Å². The standard InChI is InChI=1S/C18H20N4O3S.C3H6O2/c23-18-17-14(5-6-19-17)15-9-13(3-4-16(15)21-18)26(24,25)22-12-7-10-1-2-11(8-12)20-10;1-2-3(4)5/h3-6,9-12,19-20,22H,1-2,7-8H2,(H,21,23);2H2,1H3,(H,4,5)/p-1. The number of carbonyl (C=O) groups is 1. The molecular weight excluding hydrogens is 420 g/mol. The summed E-state index contributed by atoms with van der Waals surface area (Å²) in [6.07, 6.45) is 5.70. The predicted octanol–water partition coefficient (Wildman–Crippen LogP) is 0.717. The van der Waals surface area contributed by atoms with Crippen molar-refractivity contribution < 1.29 is 18.3 Å². The van der Waals surface area contributed by atoms with E-state index in [1.54, 1.807) is 30.5 Å². The lowest BCUT2D eigenvalue weighted by molar-refractivity contribution is -0.305. The third kappa shape index (κ3) is 4.51. The summed E-state index contributed by atoms with van der Waals surface area (Å²) in [5.74, 6) is -0.995.